The molecule has 1 aliphatic rings. The highest BCUT2D eigenvalue weighted by molar-refractivity contribution is 6.49. The molecular formula is C53H101N3O6. The highest BCUT2D eigenvalue weighted by atomic mass is 16.5. The molecule has 364 valence electrons. The first-order chi connectivity index (χ1) is 30.3. The predicted octanol–water partition coefficient (Wildman–Crippen LogP) is 12.9. The first-order valence-electron chi connectivity index (χ1n) is 27.0. The second kappa shape index (κ2) is 41.8. The fourth-order valence-corrected chi connectivity index (χ4v) is 8.99. The molecule has 1 N–H and O–H groups in total. The highest BCUT2D eigenvalue weighted by Gasteiger charge is 2.50. The van der Waals surface area contributed by atoms with E-state index in [4.69, 9.17) is 9.47 Å². The minimum atomic E-state index is -0.378. The van der Waals surface area contributed by atoms with E-state index in [1.165, 1.54) is 109 Å². The number of ketones is 2. The van der Waals surface area contributed by atoms with Gasteiger partial charge in [0, 0.05) is 12.8 Å². The third-order valence-corrected chi connectivity index (χ3v) is 13.1. The van der Waals surface area contributed by atoms with Crippen LogP contribution in [-0.4, -0.2) is 97.4 Å². The van der Waals surface area contributed by atoms with Gasteiger partial charge in [0.05, 0.1) is 18.7 Å². The van der Waals surface area contributed by atoms with Gasteiger partial charge in [-0.1, -0.05) is 176 Å². The summed E-state index contributed by atoms with van der Waals surface area (Å²) in [6, 6.07) is -0.698. The number of likely N-dealkylation sites (N-methyl/N-ethyl adjacent to an activating group) is 1. The molecule has 2 atom stereocenters. The van der Waals surface area contributed by atoms with Crippen LogP contribution in [0, 0.1) is 0 Å². The van der Waals surface area contributed by atoms with Crippen LogP contribution >= 0.6 is 0 Å². The first kappa shape index (κ1) is 58.2. The van der Waals surface area contributed by atoms with Crippen molar-refractivity contribution < 1.29 is 28.7 Å². The molecule has 0 aromatic heterocycles. The smallest absolute Gasteiger partial charge is 0.306 e. The molecule has 1 fully saturated rings. The van der Waals surface area contributed by atoms with Gasteiger partial charge in [-0.2, -0.15) is 0 Å². The molecule has 62 heavy (non-hydrogen) atoms. The van der Waals surface area contributed by atoms with Crippen molar-refractivity contribution in [1.29, 1.82) is 0 Å². The molecule has 1 saturated carbocycles. The lowest BCUT2D eigenvalue weighted by molar-refractivity contribution is -0.151. The topological polar surface area (TPSA) is 105 Å². The summed E-state index contributed by atoms with van der Waals surface area (Å²) in [5.41, 5.74) is 0. The quantitative estimate of drug-likeness (QED) is 0.0363. The maximum atomic E-state index is 12.9. The van der Waals surface area contributed by atoms with Gasteiger partial charge in [-0.25, -0.2) is 0 Å². The van der Waals surface area contributed by atoms with E-state index in [0.717, 1.165) is 136 Å². The molecule has 2 unspecified atom stereocenters. The van der Waals surface area contributed by atoms with Crippen molar-refractivity contribution in [2.24, 2.45) is 0 Å². The van der Waals surface area contributed by atoms with Gasteiger partial charge in [0.1, 0.15) is 6.10 Å². The Bertz CT molecular complexity index is 1070. The largest absolute Gasteiger partial charge is 0.466 e. The average Bonchev–Trinajstić information content (AvgIpc) is 3.27. The predicted molar refractivity (Wildman–Crippen MR) is 260 cm³/mol. The number of ether oxygens (including phenoxy) is 2. The number of rotatable bonds is 47. The summed E-state index contributed by atoms with van der Waals surface area (Å²) in [5.74, 6) is -0.559. The Balaban J connectivity index is 2.43. The molecule has 0 saturated heterocycles. The van der Waals surface area contributed by atoms with Crippen LogP contribution in [-0.2, 0) is 28.7 Å². The monoisotopic (exact) mass is 876 g/mol. The maximum Gasteiger partial charge on any atom is 0.306 e. The van der Waals surface area contributed by atoms with E-state index < -0.39 is 0 Å². The van der Waals surface area contributed by atoms with Crippen LogP contribution in [0.25, 0.3) is 0 Å². The number of unbranched alkanes of at least 4 members (excludes halogenated alkanes) is 24. The molecule has 1 aliphatic carbocycles. The normalized spacial score (nSPS) is 15.3. The zero-order valence-corrected chi connectivity index (χ0v) is 41.6. The fourth-order valence-electron chi connectivity index (χ4n) is 8.99. The van der Waals surface area contributed by atoms with Crippen molar-refractivity contribution in [3.05, 3.63) is 0 Å². The van der Waals surface area contributed by atoms with Crippen LogP contribution in [0.3, 0.4) is 0 Å². The molecule has 0 aromatic rings. The Morgan fingerprint density at radius 2 is 0.919 bits per heavy atom. The number of hydrogen-bond donors (Lipinski definition) is 1. The van der Waals surface area contributed by atoms with E-state index in [9.17, 15) is 19.2 Å². The molecule has 0 radical (unpaired) electrons. The lowest BCUT2D eigenvalue weighted by Gasteiger charge is -2.40. The molecule has 0 bridgehead atoms. The summed E-state index contributed by atoms with van der Waals surface area (Å²) in [6.07, 6.45) is 38.7. The molecule has 0 aliphatic heterocycles. The molecule has 9 nitrogen and oxygen atoms in total. The fraction of sp³-hybridized carbons (Fsp3) is 0.925. The lowest BCUT2D eigenvalue weighted by atomic mass is 9.81. The van der Waals surface area contributed by atoms with E-state index in [1.807, 2.05) is 13.8 Å². The number of nitrogens with one attached hydrogen (secondary N) is 1. The van der Waals surface area contributed by atoms with Crippen molar-refractivity contribution in [3.63, 3.8) is 0 Å². The average molecular weight is 876 g/mol. The number of nitrogens with zero attached hydrogens (tertiary/aromatic N) is 2. The van der Waals surface area contributed by atoms with Crippen LogP contribution in [0.5, 0.6) is 0 Å². The number of Topliss-reactive ketones (excluding diaryl/α,β-unsaturated/α-hetero) is 2. The van der Waals surface area contributed by atoms with Crippen LogP contribution < -0.4 is 5.32 Å². The summed E-state index contributed by atoms with van der Waals surface area (Å²) in [6.45, 7) is 16.7. The highest BCUT2D eigenvalue weighted by Crippen LogP contribution is 2.20. The Labute approximate surface area is 383 Å². The first-order valence-corrected chi connectivity index (χ1v) is 27.0. The third kappa shape index (κ3) is 30.3. The van der Waals surface area contributed by atoms with E-state index in [0.29, 0.717) is 19.4 Å². The van der Waals surface area contributed by atoms with E-state index in [1.54, 1.807) is 0 Å². The summed E-state index contributed by atoms with van der Waals surface area (Å²) in [5, 5.41) is 3.42. The summed E-state index contributed by atoms with van der Waals surface area (Å²) >= 11 is 0. The van der Waals surface area contributed by atoms with Gasteiger partial charge in [0.15, 0.2) is 0 Å². The van der Waals surface area contributed by atoms with Crippen molar-refractivity contribution in [1.82, 2.24) is 15.1 Å². The lowest BCUT2D eigenvalue weighted by Crippen LogP contribution is -2.70. The Morgan fingerprint density at radius 1 is 0.500 bits per heavy atom. The Morgan fingerprint density at radius 3 is 1.42 bits per heavy atom. The van der Waals surface area contributed by atoms with Crippen molar-refractivity contribution >= 4 is 23.5 Å². The number of carbonyl (C=O) groups is 4. The zero-order chi connectivity index (χ0) is 45.3. The van der Waals surface area contributed by atoms with Gasteiger partial charge in [-0.3, -0.25) is 24.1 Å². The maximum absolute atomic E-state index is 12.9. The van der Waals surface area contributed by atoms with Crippen molar-refractivity contribution in [2.75, 3.05) is 45.9 Å². The second-order valence-corrected chi connectivity index (χ2v) is 18.6. The van der Waals surface area contributed by atoms with Crippen molar-refractivity contribution in [2.45, 2.75) is 271 Å². The van der Waals surface area contributed by atoms with Gasteiger partial charge in [-0.15, -0.1) is 0 Å². The van der Waals surface area contributed by atoms with Gasteiger partial charge < -0.3 is 19.7 Å². The van der Waals surface area contributed by atoms with Crippen LogP contribution in [0.1, 0.15) is 253 Å². The third-order valence-electron chi connectivity index (χ3n) is 13.1. The van der Waals surface area contributed by atoms with Crippen LogP contribution in [0.15, 0.2) is 0 Å². The summed E-state index contributed by atoms with van der Waals surface area (Å²) in [4.78, 5) is 54.5. The van der Waals surface area contributed by atoms with Gasteiger partial charge in [-0.05, 0) is 103 Å². The van der Waals surface area contributed by atoms with E-state index >= 15 is 0 Å². The molecule has 0 heterocycles. The van der Waals surface area contributed by atoms with E-state index in [-0.39, 0.29) is 41.7 Å². The molecule has 9 heteroatoms. The molecule has 0 aromatic carbocycles. The second-order valence-electron chi connectivity index (χ2n) is 18.6. The SMILES string of the molecule is CCCCCCCCCOC(=O)CCCCCCCN(CCCCCCCC(=O)OC(CCCCCCCC)CCCCCCCC)CCCNC1C(=O)C(=O)C1N(CC)CC. The molecular weight excluding hydrogens is 775 g/mol. The Hall–Kier alpha value is -1.84. The number of carbonyl (C=O) groups excluding carboxylic acids is 4. The van der Waals surface area contributed by atoms with Gasteiger partial charge in [0.2, 0.25) is 11.6 Å². The van der Waals surface area contributed by atoms with Gasteiger partial charge >= 0.3 is 11.9 Å². The zero-order valence-electron chi connectivity index (χ0n) is 41.6. The minimum Gasteiger partial charge on any atom is -0.466 e. The number of esters is 2. The standard InChI is InChI=1S/C53H101N3O6/c1-6-11-14-17-20-29-36-46-61-48(57)40-32-25-21-27-34-43-55(45-37-42-54-50-51(53(60)52(50)59)56(9-4)10-5)44-35-28-22-26-33-41-49(58)62-47(38-30-23-18-15-12-7-2)39-31-24-19-16-13-8-3/h47,50-51,54H,6-46H2,1-5H3. The molecule has 0 amide bonds. The van der Waals surface area contributed by atoms with Gasteiger partial charge in [0.25, 0.3) is 0 Å². The van der Waals surface area contributed by atoms with Crippen LogP contribution in [0.2, 0.25) is 0 Å². The molecule has 0 spiro atoms. The summed E-state index contributed by atoms with van der Waals surface area (Å²) < 4.78 is 11.6. The minimum absolute atomic E-state index is 0.00173. The Kier molecular flexibility index (Phi) is 39.3. The van der Waals surface area contributed by atoms with Crippen LogP contribution in [0.4, 0.5) is 0 Å². The molecule has 1 rings (SSSR count). The number of hydrogen-bond acceptors (Lipinski definition) is 9. The summed E-state index contributed by atoms with van der Waals surface area (Å²) in [7, 11) is 0. The van der Waals surface area contributed by atoms with Crippen molar-refractivity contribution in [3.8, 4) is 0 Å². The van der Waals surface area contributed by atoms with E-state index in [2.05, 4.69) is 35.9 Å².